The number of carbonyl (C=O) groups excluding carboxylic acids is 1. The minimum absolute atomic E-state index is 0.0400. The van der Waals surface area contributed by atoms with E-state index in [1.807, 2.05) is 13.8 Å². The first-order valence-electron chi connectivity index (χ1n) is 8.95. The van der Waals surface area contributed by atoms with Gasteiger partial charge in [-0.05, 0) is 38.5 Å². The summed E-state index contributed by atoms with van der Waals surface area (Å²) < 4.78 is 18.5. The topological polar surface area (TPSA) is 108 Å². The molecule has 8 nitrogen and oxygen atoms in total. The molecule has 152 valence electrons. The number of rotatable bonds is 5. The van der Waals surface area contributed by atoms with Crippen molar-refractivity contribution in [2.24, 2.45) is 4.99 Å². The molecule has 0 saturated heterocycles. The summed E-state index contributed by atoms with van der Waals surface area (Å²) in [5.41, 5.74) is 1.40. The van der Waals surface area contributed by atoms with Crippen LogP contribution in [0.5, 0.6) is 0 Å². The SMILES string of the molecule is CCC(C)N=C(NC(=O)c1cnoc1C)Nc1cc(-c2cc(F)cc(Cl)c2)[nH]n1. The summed E-state index contributed by atoms with van der Waals surface area (Å²) in [5.74, 6) is 0.151. The van der Waals surface area contributed by atoms with Gasteiger partial charge in [-0.15, -0.1) is 0 Å². The number of aliphatic imine (C=N–C) groups is 1. The molecule has 3 rings (SSSR count). The Hall–Kier alpha value is -3.20. The van der Waals surface area contributed by atoms with Crippen molar-refractivity contribution in [3.05, 3.63) is 52.6 Å². The minimum atomic E-state index is -0.452. The highest BCUT2D eigenvalue weighted by Crippen LogP contribution is 2.24. The predicted octanol–water partition coefficient (Wildman–Crippen LogP) is 4.16. The van der Waals surface area contributed by atoms with Crippen LogP contribution in [0, 0.1) is 12.7 Å². The number of hydrogen-bond acceptors (Lipinski definition) is 5. The number of guanidine groups is 1. The number of amides is 1. The molecule has 1 aromatic carbocycles. The molecule has 29 heavy (non-hydrogen) atoms. The number of H-pyrrole nitrogens is 1. The number of aryl methyl sites for hydroxylation is 1. The fraction of sp³-hybridized carbons (Fsp3) is 0.263. The molecule has 0 aliphatic carbocycles. The lowest BCUT2D eigenvalue weighted by Crippen LogP contribution is -2.37. The molecule has 10 heteroatoms. The van der Waals surface area contributed by atoms with E-state index >= 15 is 0 Å². The highest BCUT2D eigenvalue weighted by molar-refractivity contribution is 6.30. The van der Waals surface area contributed by atoms with Crippen LogP contribution in [0.2, 0.25) is 5.02 Å². The van der Waals surface area contributed by atoms with Crippen LogP contribution < -0.4 is 10.6 Å². The normalized spacial score (nSPS) is 12.7. The van der Waals surface area contributed by atoms with Crippen LogP contribution >= 0.6 is 11.6 Å². The third-order valence-corrected chi connectivity index (χ3v) is 4.38. The molecule has 0 radical (unpaired) electrons. The van der Waals surface area contributed by atoms with Crippen LogP contribution in [0.25, 0.3) is 11.3 Å². The molecule has 1 atom stereocenters. The van der Waals surface area contributed by atoms with E-state index in [1.54, 1.807) is 19.1 Å². The summed E-state index contributed by atoms with van der Waals surface area (Å²) in [5, 5.41) is 16.5. The Kier molecular flexibility index (Phi) is 6.28. The van der Waals surface area contributed by atoms with Crippen LogP contribution in [0.1, 0.15) is 36.4 Å². The standard InChI is InChI=1S/C19H20ClFN6O2/c1-4-10(2)23-19(25-18(28)15-9-22-29-11(15)3)24-17-8-16(26-27-17)12-5-13(20)7-14(21)6-12/h5-10H,4H2,1-3H3,(H3,23,24,25,26,27,28). The van der Waals surface area contributed by atoms with Crippen LogP contribution in [0.15, 0.2) is 40.0 Å². The van der Waals surface area contributed by atoms with Gasteiger partial charge in [0.25, 0.3) is 5.91 Å². The molecule has 3 N–H and O–H groups in total. The van der Waals surface area contributed by atoms with Gasteiger partial charge in [-0.1, -0.05) is 23.7 Å². The van der Waals surface area contributed by atoms with Gasteiger partial charge in [0, 0.05) is 16.7 Å². The Morgan fingerprint density at radius 3 is 2.83 bits per heavy atom. The molecule has 0 bridgehead atoms. The van der Waals surface area contributed by atoms with E-state index in [-0.39, 0.29) is 17.0 Å². The Bertz CT molecular complexity index is 1020. The summed E-state index contributed by atoms with van der Waals surface area (Å²) in [6.45, 7) is 5.55. The highest BCUT2D eigenvalue weighted by Gasteiger charge is 2.16. The second-order valence-electron chi connectivity index (χ2n) is 6.43. The van der Waals surface area contributed by atoms with Crippen molar-refractivity contribution >= 4 is 29.3 Å². The number of hydrogen-bond donors (Lipinski definition) is 3. The number of nitrogens with zero attached hydrogens (tertiary/aromatic N) is 3. The van der Waals surface area contributed by atoms with Gasteiger partial charge in [-0.25, -0.2) is 9.38 Å². The van der Waals surface area contributed by atoms with Gasteiger partial charge in [0.1, 0.15) is 17.1 Å². The van der Waals surface area contributed by atoms with Gasteiger partial charge in [-0.2, -0.15) is 5.10 Å². The molecule has 2 aromatic heterocycles. The smallest absolute Gasteiger partial charge is 0.263 e. The fourth-order valence-corrected chi connectivity index (χ4v) is 2.69. The molecule has 1 unspecified atom stereocenters. The van der Waals surface area contributed by atoms with E-state index < -0.39 is 11.7 Å². The first kappa shape index (κ1) is 20.5. The first-order chi connectivity index (χ1) is 13.9. The average Bonchev–Trinajstić information content (AvgIpc) is 3.29. The van der Waals surface area contributed by atoms with Gasteiger partial charge < -0.3 is 9.84 Å². The maximum Gasteiger partial charge on any atom is 0.263 e. The van der Waals surface area contributed by atoms with Gasteiger partial charge in [-0.3, -0.25) is 15.2 Å². The van der Waals surface area contributed by atoms with E-state index in [9.17, 15) is 9.18 Å². The van der Waals surface area contributed by atoms with Crippen molar-refractivity contribution < 1.29 is 13.7 Å². The largest absolute Gasteiger partial charge is 0.361 e. The molecular formula is C19H20ClFN6O2. The van der Waals surface area contributed by atoms with Crippen LogP contribution in [0.3, 0.4) is 0 Å². The second kappa shape index (κ2) is 8.87. The Balaban J connectivity index is 1.81. The molecule has 0 aliphatic rings. The third kappa shape index (κ3) is 5.20. The van der Waals surface area contributed by atoms with Crippen molar-refractivity contribution in [2.75, 3.05) is 5.32 Å². The zero-order valence-corrected chi connectivity index (χ0v) is 16.8. The minimum Gasteiger partial charge on any atom is -0.361 e. The van der Waals surface area contributed by atoms with Crippen molar-refractivity contribution in [3.8, 4) is 11.3 Å². The molecule has 0 saturated carbocycles. The molecule has 3 aromatic rings. The number of nitrogens with one attached hydrogen (secondary N) is 3. The fourth-order valence-electron chi connectivity index (χ4n) is 2.46. The second-order valence-corrected chi connectivity index (χ2v) is 6.87. The number of aromatic amines is 1. The molecule has 1 amide bonds. The number of aromatic nitrogens is 3. The maximum atomic E-state index is 13.6. The number of halogens is 2. The third-order valence-electron chi connectivity index (χ3n) is 4.17. The monoisotopic (exact) mass is 418 g/mol. The summed E-state index contributed by atoms with van der Waals surface area (Å²) in [6, 6.07) is 5.80. The van der Waals surface area contributed by atoms with Crippen molar-refractivity contribution in [3.63, 3.8) is 0 Å². The average molecular weight is 419 g/mol. The van der Waals surface area contributed by atoms with Crippen molar-refractivity contribution in [1.82, 2.24) is 20.7 Å². The van der Waals surface area contributed by atoms with Crippen molar-refractivity contribution in [1.29, 1.82) is 0 Å². The molecule has 0 aliphatic heterocycles. The number of benzene rings is 1. The zero-order chi connectivity index (χ0) is 21.0. The van der Waals surface area contributed by atoms with E-state index in [4.69, 9.17) is 16.1 Å². The predicted molar refractivity (Wildman–Crippen MR) is 109 cm³/mol. The molecule has 2 heterocycles. The number of anilines is 1. The Labute approximate surface area is 171 Å². The lowest BCUT2D eigenvalue weighted by Gasteiger charge is -2.11. The Morgan fingerprint density at radius 1 is 1.38 bits per heavy atom. The number of carbonyl (C=O) groups is 1. The zero-order valence-electron chi connectivity index (χ0n) is 16.1. The van der Waals surface area contributed by atoms with Crippen LogP contribution in [0.4, 0.5) is 10.2 Å². The van der Waals surface area contributed by atoms with E-state index in [0.717, 1.165) is 6.42 Å². The van der Waals surface area contributed by atoms with Crippen LogP contribution in [-0.4, -0.2) is 33.3 Å². The lowest BCUT2D eigenvalue weighted by molar-refractivity contribution is 0.0975. The summed E-state index contributed by atoms with van der Waals surface area (Å²) >= 11 is 5.91. The molecule has 0 spiro atoms. The van der Waals surface area contributed by atoms with Gasteiger partial charge in [0.2, 0.25) is 5.96 Å². The van der Waals surface area contributed by atoms with Gasteiger partial charge in [0.05, 0.1) is 17.9 Å². The lowest BCUT2D eigenvalue weighted by atomic mass is 10.1. The highest BCUT2D eigenvalue weighted by atomic mass is 35.5. The quantitative estimate of drug-likeness (QED) is 0.426. The van der Waals surface area contributed by atoms with Crippen LogP contribution in [-0.2, 0) is 0 Å². The molecular weight excluding hydrogens is 399 g/mol. The van der Waals surface area contributed by atoms with Crippen molar-refractivity contribution in [2.45, 2.75) is 33.2 Å². The van der Waals surface area contributed by atoms with E-state index in [1.165, 1.54) is 18.3 Å². The molecule has 0 fully saturated rings. The van der Waals surface area contributed by atoms with E-state index in [0.29, 0.717) is 28.4 Å². The van der Waals surface area contributed by atoms with Gasteiger partial charge in [0.15, 0.2) is 5.82 Å². The summed E-state index contributed by atoms with van der Waals surface area (Å²) in [4.78, 5) is 16.9. The Morgan fingerprint density at radius 2 is 2.17 bits per heavy atom. The van der Waals surface area contributed by atoms with Gasteiger partial charge >= 0.3 is 0 Å². The van der Waals surface area contributed by atoms with E-state index in [2.05, 4.69) is 31.0 Å². The first-order valence-corrected chi connectivity index (χ1v) is 9.32. The summed E-state index contributed by atoms with van der Waals surface area (Å²) in [6.07, 6.45) is 2.12. The maximum absolute atomic E-state index is 13.6. The summed E-state index contributed by atoms with van der Waals surface area (Å²) in [7, 11) is 0.